The highest BCUT2D eigenvalue weighted by Crippen LogP contribution is 2.28. The first-order valence-electron chi connectivity index (χ1n) is 11.4. The summed E-state index contributed by atoms with van der Waals surface area (Å²) in [6.45, 7) is 1.52. The fraction of sp³-hybridized carbons (Fsp3) is 0.214. The van der Waals surface area contributed by atoms with Crippen LogP contribution in [0.2, 0.25) is 0 Å². The predicted octanol–water partition coefficient (Wildman–Crippen LogP) is 4.58. The van der Waals surface area contributed by atoms with E-state index in [1.165, 1.54) is 11.1 Å². The molecule has 1 aliphatic rings. The predicted molar refractivity (Wildman–Crippen MR) is 130 cm³/mol. The highest BCUT2D eigenvalue weighted by atomic mass is 16.2. The van der Waals surface area contributed by atoms with Gasteiger partial charge in [0.05, 0.1) is 11.5 Å². The van der Waals surface area contributed by atoms with Gasteiger partial charge in [-0.25, -0.2) is 0 Å². The van der Waals surface area contributed by atoms with Gasteiger partial charge in [-0.15, -0.1) is 0 Å². The third kappa shape index (κ3) is 4.40. The Labute approximate surface area is 193 Å². The van der Waals surface area contributed by atoms with Crippen LogP contribution in [0.3, 0.4) is 0 Å². The summed E-state index contributed by atoms with van der Waals surface area (Å²) in [5.41, 5.74) is 4.11. The number of rotatable bonds is 7. The van der Waals surface area contributed by atoms with E-state index in [0.717, 1.165) is 17.3 Å². The number of para-hydroxylation sites is 1. The molecule has 2 N–H and O–H groups in total. The van der Waals surface area contributed by atoms with Crippen molar-refractivity contribution >= 4 is 22.7 Å². The largest absolute Gasteiger partial charge is 0.360 e. The van der Waals surface area contributed by atoms with Crippen LogP contribution in [0.4, 0.5) is 0 Å². The van der Waals surface area contributed by atoms with Gasteiger partial charge in [0.2, 0.25) is 5.91 Å². The van der Waals surface area contributed by atoms with Crippen LogP contribution in [-0.4, -0.2) is 41.3 Å². The lowest BCUT2D eigenvalue weighted by atomic mass is 9.88. The number of hydrogen-bond acceptors (Lipinski definition) is 2. The van der Waals surface area contributed by atoms with Gasteiger partial charge in [-0.1, -0.05) is 78.9 Å². The first kappa shape index (κ1) is 21.0. The second kappa shape index (κ2) is 9.33. The zero-order valence-corrected chi connectivity index (χ0v) is 18.4. The average molecular weight is 438 g/mol. The summed E-state index contributed by atoms with van der Waals surface area (Å²) in [4.78, 5) is 30.4. The van der Waals surface area contributed by atoms with Crippen LogP contribution < -0.4 is 5.32 Å². The molecule has 1 fully saturated rings. The number of aromatic amines is 1. The van der Waals surface area contributed by atoms with Gasteiger partial charge in [-0.3, -0.25) is 9.59 Å². The number of nitrogens with one attached hydrogen (secondary N) is 2. The first-order valence-corrected chi connectivity index (χ1v) is 11.4. The molecule has 0 spiro atoms. The van der Waals surface area contributed by atoms with Crippen LogP contribution in [0.15, 0.2) is 91.1 Å². The summed E-state index contributed by atoms with van der Waals surface area (Å²) in [7, 11) is 0. The van der Waals surface area contributed by atoms with E-state index in [9.17, 15) is 9.59 Å². The Morgan fingerprint density at radius 3 is 2.15 bits per heavy atom. The van der Waals surface area contributed by atoms with Gasteiger partial charge in [0.15, 0.2) is 0 Å². The molecule has 166 valence electrons. The molecule has 0 saturated carbocycles. The Morgan fingerprint density at radius 2 is 1.48 bits per heavy atom. The normalized spacial score (nSPS) is 13.8. The Balaban J connectivity index is 1.15. The highest BCUT2D eigenvalue weighted by molar-refractivity contribution is 6.07. The van der Waals surface area contributed by atoms with Crippen molar-refractivity contribution in [3.05, 3.63) is 108 Å². The molecular formula is C28H27N3O2. The number of benzene rings is 3. The summed E-state index contributed by atoms with van der Waals surface area (Å²) >= 11 is 0. The molecular weight excluding hydrogens is 410 g/mol. The van der Waals surface area contributed by atoms with Crippen molar-refractivity contribution in [2.45, 2.75) is 12.3 Å². The maximum absolute atomic E-state index is 12.9. The number of nitrogens with zero attached hydrogens (tertiary/aromatic N) is 1. The smallest absolute Gasteiger partial charge is 0.256 e. The van der Waals surface area contributed by atoms with Crippen LogP contribution in [0, 0.1) is 5.92 Å². The van der Waals surface area contributed by atoms with Crippen LogP contribution in [0.25, 0.3) is 10.9 Å². The molecule has 0 bridgehead atoms. The molecule has 0 atom stereocenters. The Hall–Kier alpha value is -3.86. The van der Waals surface area contributed by atoms with Crippen molar-refractivity contribution in [1.82, 2.24) is 15.2 Å². The summed E-state index contributed by atoms with van der Waals surface area (Å²) in [5, 5.41) is 4.02. The van der Waals surface area contributed by atoms with Crippen molar-refractivity contribution in [1.29, 1.82) is 0 Å². The maximum atomic E-state index is 12.9. The van der Waals surface area contributed by atoms with Gasteiger partial charge in [0.25, 0.3) is 5.91 Å². The molecule has 0 radical (unpaired) electrons. The molecule has 2 amide bonds. The lowest BCUT2D eigenvalue weighted by Crippen LogP contribution is -2.55. The molecule has 33 heavy (non-hydrogen) atoms. The van der Waals surface area contributed by atoms with Gasteiger partial charge >= 0.3 is 0 Å². The minimum Gasteiger partial charge on any atom is -0.360 e. The van der Waals surface area contributed by atoms with Gasteiger partial charge in [-0.2, -0.15) is 0 Å². The van der Waals surface area contributed by atoms with E-state index in [1.807, 2.05) is 36.4 Å². The number of carbonyl (C=O) groups excluding carboxylic acids is 2. The average Bonchev–Trinajstić information content (AvgIpc) is 3.26. The molecule has 0 aliphatic carbocycles. The number of fused-ring (bicyclic) bond motifs is 1. The molecule has 5 nitrogen and oxygen atoms in total. The van der Waals surface area contributed by atoms with Crippen molar-refractivity contribution in [3.63, 3.8) is 0 Å². The number of hydrogen-bond donors (Lipinski definition) is 2. The Morgan fingerprint density at radius 1 is 0.879 bits per heavy atom. The van der Waals surface area contributed by atoms with Crippen molar-refractivity contribution in [2.24, 2.45) is 5.92 Å². The lowest BCUT2D eigenvalue weighted by Gasteiger charge is -2.38. The van der Waals surface area contributed by atoms with Gasteiger partial charge < -0.3 is 15.2 Å². The van der Waals surface area contributed by atoms with E-state index in [4.69, 9.17) is 0 Å². The van der Waals surface area contributed by atoms with Crippen molar-refractivity contribution in [2.75, 3.05) is 19.6 Å². The standard InChI is InChI=1S/C28H27N3O2/c32-27(22-18-31(19-22)28(33)25-17-30-26-14-8-7-13-24(25)26)29-16-15-23(20-9-3-1-4-10-20)21-11-5-2-6-12-21/h1-14,17,22-23,30H,15-16,18-19H2,(H,29,32). The molecule has 3 aromatic carbocycles. The third-order valence-electron chi connectivity index (χ3n) is 6.50. The molecule has 2 heterocycles. The summed E-state index contributed by atoms with van der Waals surface area (Å²) < 4.78 is 0. The summed E-state index contributed by atoms with van der Waals surface area (Å²) in [5.74, 6) is 0.0858. The van der Waals surface area contributed by atoms with Crippen LogP contribution in [0.5, 0.6) is 0 Å². The van der Waals surface area contributed by atoms with Gasteiger partial charge in [-0.05, 0) is 23.6 Å². The molecule has 1 aliphatic heterocycles. The van der Waals surface area contributed by atoms with E-state index in [0.29, 0.717) is 25.2 Å². The Kier molecular flexibility index (Phi) is 5.94. The van der Waals surface area contributed by atoms with E-state index >= 15 is 0 Å². The minimum atomic E-state index is -0.147. The van der Waals surface area contributed by atoms with E-state index < -0.39 is 0 Å². The van der Waals surface area contributed by atoms with E-state index in [1.54, 1.807) is 11.1 Å². The quantitative estimate of drug-likeness (QED) is 0.445. The number of aromatic nitrogens is 1. The Bertz CT molecular complexity index is 1200. The van der Waals surface area contributed by atoms with E-state index in [2.05, 4.69) is 58.8 Å². The maximum Gasteiger partial charge on any atom is 0.256 e. The molecule has 4 aromatic rings. The zero-order chi connectivity index (χ0) is 22.6. The second-order valence-electron chi connectivity index (χ2n) is 8.61. The fourth-order valence-corrected chi connectivity index (χ4v) is 4.61. The van der Waals surface area contributed by atoms with Crippen molar-refractivity contribution in [3.8, 4) is 0 Å². The number of amides is 2. The van der Waals surface area contributed by atoms with Gasteiger partial charge in [0, 0.05) is 42.7 Å². The number of carbonyl (C=O) groups is 2. The highest BCUT2D eigenvalue weighted by Gasteiger charge is 2.36. The summed E-state index contributed by atoms with van der Waals surface area (Å²) in [6, 6.07) is 28.6. The summed E-state index contributed by atoms with van der Waals surface area (Å²) in [6.07, 6.45) is 2.58. The monoisotopic (exact) mass is 437 g/mol. The first-order chi connectivity index (χ1) is 16.2. The lowest BCUT2D eigenvalue weighted by molar-refractivity contribution is -0.128. The zero-order valence-electron chi connectivity index (χ0n) is 18.4. The molecule has 5 heteroatoms. The molecule has 5 rings (SSSR count). The fourth-order valence-electron chi connectivity index (χ4n) is 4.61. The molecule has 0 unspecified atom stereocenters. The van der Waals surface area contributed by atoms with Crippen LogP contribution >= 0.6 is 0 Å². The van der Waals surface area contributed by atoms with E-state index in [-0.39, 0.29) is 23.7 Å². The van der Waals surface area contributed by atoms with Crippen molar-refractivity contribution < 1.29 is 9.59 Å². The topological polar surface area (TPSA) is 65.2 Å². The van der Waals surface area contributed by atoms with Gasteiger partial charge in [0.1, 0.15) is 0 Å². The molecule has 1 saturated heterocycles. The third-order valence-corrected chi connectivity index (χ3v) is 6.50. The van der Waals surface area contributed by atoms with Crippen LogP contribution in [-0.2, 0) is 4.79 Å². The SMILES string of the molecule is O=C(NCCC(c1ccccc1)c1ccccc1)C1CN(C(=O)c2c[nH]c3ccccc23)C1. The number of H-pyrrole nitrogens is 1. The number of likely N-dealkylation sites (tertiary alicyclic amines) is 1. The molecule has 1 aromatic heterocycles. The second-order valence-corrected chi connectivity index (χ2v) is 8.61. The minimum absolute atomic E-state index is 0.0234. The van der Waals surface area contributed by atoms with Crippen LogP contribution in [0.1, 0.15) is 33.8 Å².